The van der Waals surface area contributed by atoms with Gasteiger partial charge < -0.3 is 10.2 Å². The van der Waals surface area contributed by atoms with E-state index in [1.807, 2.05) is 0 Å². The van der Waals surface area contributed by atoms with E-state index in [1.165, 1.54) is 0 Å². The second-order valence-electron chi connectivity index (χ2n) is 0.183. The van der Waals surface area contributed by atoms with E-state index >= 15 is 0 Å². The van der Waals surface area contributed by atoms with Gasteiger partial charge in [-0.05, 0) is 0 Å². The van der Waals surface area contributed by atoms with E-state index in [0.29, 0.717) is 12.5 Å². The number of hydrogen-bond donors (Lipinski definition) is 0. The minimum absolute atomic E-state index is 0. The van der Waals surface area contributed by atoms with Gasteiger partial charge in [0.05, 0.1) is 0 Å². The summed E-state index contributed by atoms with van der Waals surface area (Å²) < 4.78 is 0. The first-order valence-electron chi connectivity index (χ1n) is 0.855. The minimum atomic E-state index is 0. The molecule has 0 saturated heterocycles. The maximum absolute atomic E-state index is 8.24. The molecule has 0 bridgehead atoms. The summed E-state index contributed by atoms with van der Waals surface area (Å²) in [6.07, 6.45) is 1.00. The van der Waals surface area contributed by atoms with E-state index < -0.39 is 0 Å². The zero-order chi connectivity index (χ0) is 5.41. The summed E-state index contributed by atoms with van der Waals surface area (Å²) in [6.45, 7) is 0. The molecule has 0 N–H and O–H groups in total. The topological polar surface area (TPSA) is 93.7 Å². The van der Waals surface area contributed by atoms with Crippen LogP contribution in [0.5, 0.6) is 0 Å². The Balaban J connectivity index is -0.0000000400. The molecular weight excluding hydrogens is 221 g/mol. The van der Waals surface area contributed by atoms with Crippen molar-refractivity contribution >= 4 is 48.9 Å². The van der Waals surface area contributed by atoms with Crippen LogP contribution in [0, 0.1) is 23.0 Å². The van der Waals surface area contributed by atoms with Crippen LogP contribution < -0.4 is 10.2 Å². The standard InChI is InChI=1S/2CHNO.Ba/c2*2-1-3;/h2*3H;/q;;+2/p-2. The summed E-state index contributed by atoms with van der Waals surface area (Å²) in [5, 5.41) is 30.0. The van der Waals surface area contributed by atoms with Crippen LogP contribution in [0.25, 0.3) is 0 Å². The molecule has 0 unspecified atom stereocenters. The van der Waals surface area contributed by atoms with Crippen molar-refractivity contribution in [1.29, 1.82) is 10.5 Å². The van der Waals surface area contributed by atoms with E-state index in [1.54, 1.807) is 0 Å². The molecule has 0 fully saturated rings. The Morgan fingerprint density at radius 3 is 1.00 bits per heavy atom. The van der Waals surface area contributed by atoms with Gasteiger partial charge in [0.1, 0.15) is 0 Å². The van der Waals surface area contributed by atoms with Crippen LogP contribution in [0.4, 0.5) is 0 Å². The molecule has 32 valence electrons. The van der Waals surface area contributed by atoms with Gasteiger partial charge in [0.15, 0.2) is 0 Å². The smallest absolute Gasteiger partial charge is 0.812 e. The molecule has 5 heteroatoms. The number of hydrogen-bond acceptors (Lipinski definition) is 4. The molecular formula is C2BaN2O2. The molecule has 0 atom stereocenters. The molecule has 7 heavy (non-hydrogen) atoms. The number of rotatable bonds is 0. The molecule has 0 aromatic carbocycles. The SMILES string of the molecule is N#C[O-].N#C[O-].[Ba+2]. The van der Waals surface area contributed by atoms with Crippen molar-refractivity contribution < 1.29 is 10.2 Å². The van der Waals surface area contributed by atoms with Crippen molar-refractivity contribution in [3.05, 3.63) is 0 Å². The van der Waals surface area contributed by atoms with Gasteiger partial charge in [0.25, 0.3) is 0 Å². The molecule has 0 rings (SSSR count). The zero-order valence-electron chi connectivity index (χ0n) is 3.42. The Hall–Kier alpha value is 0.151. The molecule has 0 aliphatic heterocycles. The average Bonchev–Trinajstić information content (AvgIpc) is 1.39. The summed E-state index contributed by atoms with van der Waals surface area (Å²) >= 11 is 0. The maximum atomic E-state index is 8.24. The second-order valence-corrected chi connectivity index (χ2v) is 0.183. The Morgan fingerprint density at radius 1 is 1.00 bits per heavy atom. The van der Waals surface area contributed by atoms with Crippen molar-refractivity contribution in [2.24, 2.45) is 0 Å². The van der Waals surface area contributed by atoms with Crippen LogP contribution in [0.15, 0.2) is 0 Å². The largest absolute Gasteiger partial charge is 2.00 e. The molecule has 0 spiro atoms. The van der Waals surface area contributed by atoms with E-state index in [0.717, 1.165) is 0 Å². The van der Waals surface area contributed by atoms with E-state index in [9.17, 15) is 0 Å². The maximum Gasteiger partial charge on any atom is 2.00 e. The van der Waals surface area contributed by atoms with Gasteiger partial charge in [-0.2, -0.15) is 0 Å². The van der Waals surface area contributed by atoms with Gasteiger partial charge in [-0.1, -0.05) is 0 Å². The summed E-state index contributed by atoms with van der Waals surface area (Å²) in [5.74, 6) is 0. The van der Waals surface area contributed by atoms with Gasteiger partial charge in [0, 0.05) is 12.5 Å². The van der Waals surface area contributed by atoms with E-state index in [-0.39, 0.29) is 48.9 Å². The van der Waals surface area contributed by atoms with Crippen LogP contribution in [0.3, 0.4) is 0 Å². The quantitative estimate of drug-likeness (QED) is 0.328. The fourth-order valence-corrected chi connectivity index (χ4v) is 0. The van der Waals surface area contributed by atoms with Crippen molar-refractivity contribution in [3.8, 4) is 12.5 Å². The van der Waals surface area contributed by atoms with Crippen molar-refractivity contribution in [1.82, 2.24) is 0 Å². The van der Waals surface area contributed by atoms with Crippen molar-refractivity contribution in [3.63, 3.8) is 0 Å². The van der Waals surface area contributed by atoms with Crippen molar-refractivity contribution in [2.75, 3.05) is 0 Å². The Bertz CT molecular complexity index is 68.7. The second kappa shape index (κ2) is 35.3. The molecule has 0 saturated carbocycles. The van der Waals surface area contributed by atoms with Gasteiger partial charge in [-0.3, -0.25) is 0 Å². The van der Waals surface area contributed by atoms with Crippen molar-refractivity contribution in [2.45, 2.75) is 0 Å². The van der Waals surface area contributed by atoms with Gasteiger partial charge in [-0.15, -0.1) is 0 Å². The first-order valence-corrected chi connectivity index (χ1v) is 0.855. The van der Waals surface area contributed by atoms with Crippen LogP contribution in [0.2, 0.25) is 0 Å². The van der Waals surface area contributed by atoms with Crippen LogP contribution >= 0.6 is 0 Å². The first-order chi connectivity index (χ1) is 2.83. The fraction of sp³-hybridized carbons (Fsp3) is 0. The molecule has 0 aromatic rings. The van der Waals surface area contributed by atoms with Crippen LogP contribution in [-0.2, 0) is 0 Å². The van der Waals surface area contributed by atoms with Gasteiger partial charge in [0.2, 0.25) is 0 Å². The van der Waals surface area contributed by atoms with Crippen LogP contribution in [-0.4, -0.2) is 48.9 Å². The third-order valence-corrected chi connectivity index (χ3v) is 0. The molecule has 0 aromatic heterocycles. The van der Waals surface area contributed by atoms with E-state index in [4.69, 9.17) is 20.7 Å². The Labute approximate surface area is 81.1 Å². The monoisotopic (exact) mass is 222 g/mol. The summed E-state index contributed by atoms with van der Waals surface area (Å²) in [5.41, 5.74) is 0. The zero-order valence-corrected chi connectivity index (χ0v) is 7.86. The molecule has 0 aliphatic carbocycles. The first kappa shape index (κ1) is 15.7. The number of nitrogens with zero attached hydrogens (tertiary/aromatic N) is 2. The fourth-order valence-electron chi connectivity index (χ4n) is 0. The average molecular weight is 221 g/mol. The van der Waals surface area contributed by atoms with Crippen LogP contribution in [0.1, 0.15) is 0 Å². The van der Waals surface area contributed by atoms with Gasteiger partial charge in [-0.25, -0.2) is 10.5 Å². The third-order valence-electron chi connectivity index (χ3n) is 0. The predicted octanol–water partition coefficient (Wildman–Crippen LogP) is -2.73. The third kappa shape index (κ3) is 4620. The molecule has 0 aliphatic rings. The minimum Gasteiger partial charge on any atom is -0.812 e. The Kier molecular flexibility index (Phi) is 79.1. The van der Waals surface area contributed by atoms with Gasteiger partial charge >= 0.3 is 48.9 Å². The molecule has 0 amide bonds. The molecule has 4 nitrogen and oxygen atoms in total. The summed E-state index contributed by atoms with van der Waals surface area (Å²) in [4.78, 5) is 0. The summed E-state index contributed by atoms with van der Waals surface area (Å²) in [7, 11) is 0. The van der Waals surface area contributed by atoms with E-state index in [2.05, 4.69) is 0 Å². The molecule has 0 heterocycles. The molecule has 0 radical (unpaired) electrons. The predicted molar refractivity (Wildman–Crippen MR) is 17.0 cm³/mol. The summed E-state index contributed by atoms with van der Waals surface area (Å²) in [6, 6.07) is 0. The number of nitriles is 2. The normalized spacial score (nSPS) is 2.00. The Morgan fingerprint density at radius 2 is 1.00 bits per heavy atom.